The van der Waals surface area contributed by atoms with Gasteiger partial charge < -0.3 is 14.4 Å². The highest BCUT2D eigenvalue weighted by atomic mass is 16.5. The van der Waals surface area contributed by atoms with Crippen molar-refractivity contribution < 1.29 is 14.3 Å². The highest BCUT2D eigenvalue weighted by Crippen LogP contribution is 2.43. The second-order valence-corrected chi connectivity index (χ2v) is 7.74. The maximum absolute atomic E-state index is 12.3. The molecule has 0 N–H and O–H groups in total. The Morgan fingerprint density at radius 1 is 1.46 bits per heavy atom. The molecule has 2 aliphatic heterocycles. The van der Waals surface area contributed by atoms with Gasteiger partial charge in [-0.2, -0.15) is 0 Å². The van der Waals surface area contributed by atoms with E-state index in [0.717, 1.165) is 43.7 Å². The number of hydrogen-bond donors (Lipinski definition) is 0. The molecular formula is C19H26N2O3. The molecule has 3 atom stereocenters. The molecule has 5 nitrogen and oxygen atoms in total. The minimum absolute atomic E-state index is 0.170. The van der Waals surface area contributed by atoms with Gasteiger partial charge in [-0.1, -0.05) is 13.0 Å². The molecule has 3 fully saturated rings. The number of amides is 1. The first-order valence-corrected chi connectivity index (χ1v) is 9.02. The highest BCUT2D eigenvalue weighted by Gasteiger charge is 2.53. The van der Waals surface area contributed by atoms with E-state index in [1.807, 2.05) is 30.0 Å². The van der Waals surface area contributed by atoms with Crippen LogP contribution in [0, 0.1) is 18.8 Å². The first kappa shape index (κ1) is 16.0. The number of carbonyl (C=O) groups excluding carboxylic acids is 1. The van der Waals surface area contributed by atoms with E-state index in [1.54, 1.807) is 0 Å². The number of carbonyl (C=O) groups is 1. The van der Waals surface area contributed by atoms with Gasteiger partial charge in [0.25, 0.3) is 0 Å². The first-order chi connectivity index (χ1) is 11.5. The van der Waals surface area contributed by atoms with Crippen molar-refractivity contribution in [3.63, 3.8) is 0 Å². The van der Waals surface area contributed by atoms with Crippen molar-refractivity contribution in [1.82, 2.24) is 9.88 Å². The number of aromatic nitrogens is 1. The standard InChI is InChI=1S/C19H26N2O3/c1-13-8-17(13)18(22)21-11-19(12-21)9-16(6-7-24-19)23-10-15-5-3-4-14(2)20-15/h3-5,13,16-17H,6-12H2,1-2H3/t13-,16-,17-/m1/s1. The summed E-state index contributed by atoms with van der Waals surface area (Å²) in [6.07, 6.45) is 3.04. The maximum atomic E-state index is 12.3. The minimum atomic E-state index is -0.170. The molecule has 1 aromatic heterocycles. The van der Waals surface area contributed by atoms with E-state index in [9.17, 15) is 4.79 Å². The Morgan fingerprint density at radius 2 is 2.25 bits per heavy atom. The topological polar surface area (TPSA) is 51.7 Å². The van der Waals surface area contributed by atoms with E-state index in [0.29, 0.717) is 25.0 Å². The summed E-state index contributed by atoms with van der Waals surface area (Å²) in [6.45, 7) is 6.87. The summed E-state index contributed by atoms with van der Waals surface area (Å²) in [4.78, 5) is 18.7. The number of pyridine rings is 1. The molecule has 2 saturated heterocycles. The van der Waals surface area contributed by atoms with Gasteiger partial charge in [-0.25, -0.2) is 0 Å². The van der Waals surface area contributed by atoms with Gasteiger partial charge in [0.15, 0.2) is 0 Å². The van der Waals surface area contributed by atoms with Gasteiger partial charge in [-0.3, -0.25) is 9.78 Å². The molecule has 3 aliphatic rings. The Labute approximate surface area is 143 Å². The molecule has 1 spiro atoms. The monoisotopic (exact) mass is 330 g/mol. The summed E-state index contributed by atoms with van der Waals surface area (Å²) in [5.74, 6) is 1.16. The summed E-state index contributed by atoms with van der Waals surface area (Å²) >= 11 is 0. The molecule has 1 saturated carbocycles. The fourth-order valence-electron chi connectivity index (χ4n) is 3.93. The quantitative estimate of drug-likeness (QED) is 0.850. The van der Waals surface area contributed by atoms with E-state index >= 15 is 0 Å². The van der Waals surface area contributed by atoms with E-state index in [2.05, 4.69) is 11.9 Å². The average molecular weight is 330 g/mol. The van der Waals surface area contributed by atoms with E-state index in [4.69, 9.17) is 9.47 Å². The molecule has 24 heavy (non-hydrogen) atoms. The van der Waals surface area contributed by atoms with Crippen molar-refractivity contribution in [2.45, 2.75) is 51.4 Å². The number of ether oxygens (including phenoxy) is 2. The Hall–Kier alpha value is -1.46. The van der Waals surface area contributed by atoms with Gasteiger partial charge in [-0.15, -0.1) is 0 Å². The van der Waals surface area contributed by atoms with Crippen LogP contribution in [0.2, 0.25) is 0 Å². The van der Waals surface area contributed by atoms with Gasteiger partial charge in [0.05, 0.1) is 31.5 Å². The largest absolute Gasteiger partial charge is 0.372 e. The van der Waals surface area contributed by atoms with Crippen molar-refractivity contribution in [2.24, 2.45) is 11.8 Å². The second kappa shape index (κ2) is 6.12. The summed E-state index contributed by atoms with van der Waals surface area (Å²) in [6, 6.07) is 6.01. The van der Waals surface area contributed by atoms with Crippen LogP contribution in [-0.2, 0) is 20.9 Å². The lowest BCUT2D eigenvalue weighted by atomic mass is 9.84. The van der Waals surface area contributed by atoms with Crippen LogP contribution in [-0.4, -0.2) is 47.2 Å². The van der Waals surface area contributed by atoms with Gasteiger partial charge >= 0.3 is 0 Å². The predicted octanol–water partition coefficient (Wildman–Crippen LogP) is 2.32. The van der Waals surface area contributed by atoms with Gasteiger partial charge in [-0.05, 0) is 37.8 Å². The SMILES string of the molecule is Cc1cccc(CO[C@@H]2CCOC3(C2)CN(C(=O)[C@@H]2C[C@H]2C)C3)n1. The van der Waals surface area contributed by atoms with Gasteiger partial charge in [0, 0.05) is 24.6 Å². The van der Waals surface area contributed by atoms with Crippen LogP contribution in [0.4, 0.5) is 0 Å². The lowest BCUT2D eigenvalue weighted by molar-refractivity contribution is -0.203. The number of nitrogens with zero attached hydrogens (tertiary/aromatic N) is 2. The van der Waals surface area contributed by atoms with Crippen LogP contribution in [0.25, 0.3) is 0 Å². The maximum Gasteiger partial charge on any atom is 0.226 e. The fraction of sp³-hybridized carbons (Fsp3) is 0.684. The van der Waals surface area contributed by atoms with Crippen molar-refractivity contribution in [1.29, 1.82) is 0 Å². The number of likely N-dealkylation sites (tertiary alicyclic amines) is 1. The lowest BCUT2D eigenvalue weighted by Crippen LogP contribution is -2.67. The third kappa shape index (κ3) is 3.20. The molecule has 130 valence electrons. The first-order valence-electron chi connectivity index (χ1n) is 9.02. The van der Waals surface area contributed by atoms with Crippen molar-refractivity contribution >= 4 is 5.91 Å². The molecule has 0 aromatic carbocycles. The lowest BCUT2D eigenvalue weighted by Gasteiger charge is -2.53. The Balaban J connectivity index is 1.28. The zero-order valence-electron chi connectivity index (χ0n) is 14.5. The van der Waals surface area contributed by atoms with E-state index < -0.39 is 0 Å². The molecule has 1 aromatic rings. The summed E-state index contributed by atoms with van der Waals surface area (Å²) in [5.41, 5.74) is 1.82. The molecule has 1 amide bonds. The normalized spacial score (nSPS) is 30.9. The molecule has 0 bridgehead atoms. The molecule has 3 heterocycles. The summed E-state index contributed by atoms with van der Waals surface area (Å²) in [5, 5.41) is 0. The Morgan fingerprint density at radius 3 is 2.96 bits per heavy atom. The van der Waals surface area contributed by atoms with Gasteiger partial charge in [0.1, 0.15) is 5.60 Å². The van der Waals surface area contributed by atoms with Crippen molar-refractivity contribution in [2.75, 3.05) is 19.7 Å². The molecule has 0 unspecified atom stereocenters. The van der Waals surface area contributed by atoms with Crippen LogP contribution in [0.3, 0.4) is 0 Å². The van der Waals surface area contributed by atoms with Crippen LogP contribution < -0.4 is 0 Å². The minimum Gasteiger partial charge on any atom is -0.372 e. The summed E-state index contributed by atoms with van der Waals surface area (Å²) < 4.78 is 12.1. The van der Waals surface area contributed by atoms with E-state index in [1.165, 1.54) is 0 Å². The highest BCUT2D eigenvalue weighted by molar-refractivity contribution is 5.82. The average Bonchev–Trinajstić information content (AvgIpc) is 3.27. The number of rotatable bonds is 4. The molecular weight excluding hydrogens is 304 g/mol. The van der Waals surface area contributed by atoms with E-state index in [-0.39, 0.29) is 17.6 Å². The second-order valence-electron chi connectivity index (χ2n) is 7.74. The smallest absolute Gasteiger partial charge is 0.226 e. The van der Waals surface area contributed by atoms with Gasteiger partial charge in [0.2, 0.25) is 5.91 Å². The third-order valence-corrected chi connectivity index (χ3v) is 5.56. The zero-order valence-corrected chi connectivity index (χ0v) is 14.5. The van der Waals surface area contributed by atoms with Crippen molar-refractivity contribution in [3.05, 3.63) is 29.6 Å². The number of hydrogen-bond acceptors (Lipinski definition) is 4. The van der Waals surface area contributed by atoms with Crippen molar-refractivity contribution in [3.8, 4) is 0 Å². The molecule has 5 heteroatoms. The van der Waals surface area contributed by atoms with Crippen LogP contribution in [0.15, 0.2) is 18.2 Å². The molecule has 4 rings (SSSR count). The van der Waals surface area contributed by atoms with Crippen LogP contribution in [0.1, 0.15) is 37.6 Å². The summed E-state index contributed by atoms with van der Waals surface area (Å²) in [7, 11) is 0. The molecule has 0 radical (unpaired) electrons. The fourth-order valence-corrected chi connectivity index (χ4v) is 3.93. The Bertz CT molecular complexity index is 627. The molecule has 1 aliphatic carbocycles. The number of aryl methyl sites for hydroxylation is 1. The zero-order chi connectivity index (χ0) is 16.7. The van der Waals surface area contributed by atoms with Crippen LogP contribution >= 0.6 is 0 Å². The predicted molar refractivity (Wildman–Crippen MR) is 89.3 cm³/mol. The Kier molecular flexibility index (Phi) is 4.09. The third-order valence-electron chi connectivity index (χ3n) is 5.56. The van der Waals surface area contributed by atoms with Crippen LogP contribution in [0.5, 0.6) is 0 Å².